The van der Waals surface area contributed by atoms with Crippen molar-refractivity contribution >= 4 is 27.5 Å². The molecule has 4 rings (SSSR count). The second kappa shape index (κ2) is 6.04. The van der Waals surface area contributed by atoms with Crippen LogP contribution >= 0.6 is 11.3 Å². The molecule has 4 heterocycles. The van der Waals surface area contributed by atoms with Crippen molar-refractivity contribution in [2.75, 3.05) is 13.1 Å². The van der Waals surface area contributed by atoms with Crippen LogP contribution in [0.1, 0.15) is 22.6 Å². The molecule has 1 fully saturated rings. The van der Waals surface area contributed by atoms with E-state index in [2.05, 4.69) is 20.3 Å². The Morgan fingerprint density at radius 2 is 2.35 bits per heavy atom. The number of carbonyl (C=O) groups excluding carboxylic acids is 1. The molecule has 0 N–H and O–H groups in total. The minimum absolute atomic E-state index is 0.0227. The van der Waals surface area contributed by atoms with E-state index in [0.29, 0.717) is 10.9 Å². The molecule has 8 heteroatoms. The van der Waals surface area contributed by atoms with Crippen LogP contribution in [0.5, 0.6) is 0 Å². The van der Waals surface area contributed by atoms with Crippen LogP contribution in [0.25, 0.3) is 10.2 Å². The number of thiazole rings is 1. The number of fused-ring (bicyclic) bond motifs is 1. The summed E-state index contributed by atoms with van der Waals surface area (Å²) in [6, 6.07) is 1.90. The molecule has 7 nitrogen and oxygen atoms in total. The van der Waals surface area contributed by atoms with Gasteiger partial charge in [0.25, 0.3) is 5.91 Å². The first kappa shape index (κ1) is 14.3. The van der Waals surface area contributed by atoms with E-state index in [4.69, 9.17) is 0 Å². The number of hydrogen-bond donors (Lipinski definition) is 0. The Labute approximate surface area is 137 Å². The maximum atomic E-state index is 12.7. The van der Waals surface area contributed by atoms with Gasteiger partial charge in [-0.1, -0.05) is 5.21 Å². The van der Waals surface area contributed by atoms with Crippen molar-refractivity contribution in [2.45, 2.75) is 19.4 Å². The second-order valence-electron chi connectivity index (χ2n) is 5.75. The van der Waals surface area contributed by atoms with Crippen molar-refractivity contribution in [1.29, 1.82) is 0 Å². The van der Waals surface area contributed by atoms with Crippen molar-refractivity contribution in [3.8, 4) is 0 Å². The van der Waals surface area contributed by atoms with Crippen molar-refractivity contribution < 1.29 is 4.79 Å². The van der Waals surface area contributed by atoms with Gasteiger partial charge in [0, 0.05) is 32.0 Å². The molecule has 1 atom stereocenters. The number of hydrogen-bond acceptors (Lipinski definition) is 6. The molecule has 1 aliphatic rings. The summed E-state index contributed by atoms with van der Waals surface area (Å²) >= 11 is 1.44. The summed E-state index contributed by atoms with van der Waals surface area (Å²) in [6.07, 6.45) is 9.09. The van der Waals surface area contributed by atoms with Gasteiger partial charge >= 0.3 is 0 Å². The van der Waals surface area contributed by atoms with E-state index in [-0.39, 0.29) is 5.91 Å². The predicted octanol–water partition coefficient (Wildman–Crippen LogP) is 1.84. The van der Waals surface area contributed by atoms with Crippen molar-refractivity contribution in [3.05, 3.63) is 35.9 Å². The lowest BCUT2D eigenvalue weighted by Crippen LogP contribution is -2.41. The Kier molecular flexibility index (Phi) is 3.74. The quantitative estimate of drug-likeness (QED) is 0.733. The molecule has 118 valence electrons. The van der Waals surface area contributed by atoms with E-state index in [1.165, 1.54) is 11.3 Å². The molecule has 0 radical (unpaired) electrons. The zero-order valence-corrected chi connectivity index (χ0v) is 13.3. The Bertz CT molecular complexity index is 781. The topological polar surface area (TPSA) is 76.8 Å². The highest BCUT2D eigenvalue weighted by Gasteiger charge is 2.26. The standard InChI is InChI=1S/C15H16N6OS/c22-15(14-18-12-8-16-4-3-13(12)23-14)20-6-1-2-11(9-20)10-21-7-5-17-19-21/h3-5,7-8,11H,1-2,6,9-10H2. The summed E-state index contributed by atoms with van der Waals surface area (Å²) in [6.45, 7) is 2.33. The van der Waals surface area contributed by atoms with Gasteiger partial charge < -0.3 is 4.90 Å². The molecule has 0 aliphatic carbocycles. The average molecular weight is 328 g/mol. The Hall–Kier alpha value is -2.35. The minimum Gasteiger partial charge on any atom is -0.336 e. The smallest absolute Gasteiger partial charge is 0.282 e. The summed E-state index contributed by atoms with van der Waals surface area (Å²) < 4.78 is 2.83. The van der Waals surface area contributed by atoms with Gasteiger partial charge in [-0.25, -0.2) is 4.98 Å². The molecule has 0 aromatic carbocycles. The molecular formula is C15H16N6OS. The van der Waals surface area contributed by atoms with E-state index in [1.807, 2.05) is 21.8 Å². The van der Waals surface area contributed by atoms with Crippen molar-refractivity contribution in [1.82, 2.24) is 29.9 Å². The summed E-state index contributed by atoms with van der Waals surface area (Å²) in [5, 5.41) is 8.40. The number of piperidine rings is 1. The molecule has 23 heavy (non-hydrogen) atoms. The fraction of sp³-hybridized carbons (Fsp3) is 0.400. The Morgan fingerprint density at radius 3 is 3.17 bits per heavy atom. The molecule has 3 aromatic rings. The van der Waals surface area contributed by atoms with E-state index < -0.39 is 0 Å². The van der Waals surface area contributed by atoms with Gasteiger partial charge in [-0.15, -0.1) is 16.4 Å². The van der Waals surface area contributed by atoms with Crippen LogP contribution in [-0.2, 0) is 6.54 Å². The van der Waals surface area contributed by atoms with Gasteiger partial charge in [0.2, 0.25) is 0 Å². The molecule has 0 bridgehead atoms. The zero-order valence-electron chi connectivity index (χ0n) is 12.5. The van der Waals surface area contributed by atoms with Gasteiger partial charge in [-0.3, -0.25) is 14.5 Å². The average Bonchev–Trinajstić information content (AvgIpc) is 3.23. The van der Waals surface area contributed by atoms with Crippen LogP contribution < -0.4 is 0 Å². The number of carbonyl (C=O) groups is 1. The third kappa shape index (κ3) is 2.94. The number of aromatic nitrogens is 5. The largest absolute Gasteiger partial charge is 0.336 e. The van der Waals surface area contributed by atoms with Crippen LogP contribution in [0.2, 0.25) is 0 Å². The van der Waals surface area contributed by atoms with Crippen molar-refractivity contribution in [3.63, 3.8) is 0 Å². The normalized spacial score (nSPS) is 18.4. The third-order valence-electron chi connectivity index (χ3n) is 4.10. The molecule has 0 spiro atoms. The highest BCUT2D eigenvalue weighted by Crippen LogP contribution is 2.25. The monoisotopic (exact) mass is 328 g/mol. The van der Waals surface area contributed by atoms with Gasteiger partial charge in [0.15, 0.2) is 5.01 Å². The van der Waals surface area contributed by atoms with Crippen LogP contribution in [0.4, 0.5) is 0 Å². The van der Waals surface area contributed by atoms with Crippen LogP contribution in [0, 0.1) is 5.92 Å². The van der Waals surface area contributed by atoms with Crippen LogP contribution in [0.15, 0.2) is 30.9 Å². The fourth-order valence-electron chi connectivity index (χ4n) is 3.00. The lowest BCUT2D eigenvalue weighted by atomic mass is 9.98. The molecule has 3 aromatic heterocycles. The number of likely N-dealkylation sites (tertiary alicyclic amines) is 1. The van der Waals surface area contributed by atoms with Crippen LogP contribution in [0.3, 0.4) is 0 Å². The van der Waals surface area contributed by atoms with Gasteiger partial charge in [-0.2, -0.15) is 0 Å². The summed E-state index contributed by atoms with van der Waals surface area (Å²) in [7, 11) is 0. The van der Waals surface area contributed by atoms with Gasteiger partial charge in [0.1, 0.15) is 5.52 Å². The fourth-order valence-corrected chi connectivity index (χ4v) is 3.90. The number of amides is 1. The number of rotatable bonds is 3. The molecular weight excluding hydrogens is 312 g/mol. The SMILES string of the molecule is O=C(c1nc2cnccc2s1)N1CCCC(Cn2ccnn2)C1. The van der Waals surface area contributed by atoms with Crippen molar-refractivity contribution in [2.24, 2.45) is 5.92 Å². The predicted molar refractivity (Wildman–Crippen MR) is 86.1 cm³/mol. The first-order valence-electron chi connectivity index (χ1n) is 7.63. The second-order valence-corrected chi connectivity index (χ2v) is 6.78. The van der Waals surface area contributed by atoms with E-state index in [1.54, 1.807) is 18.6 Å². The molecule has 0 saturated carbocycles. The summed E-state index contributed by atoms with van der Waals surface area (Å²) in [5.74, 6) is 0.430. The molecule has 1 unspecified atom stereocenters. The Morgan fingerprint density at radius 1 is 1.39 bits per heavy atom. The highest BCUT2D eigenvalue weighted by atomic mass is 32.1. The third-order valence-corrected chi connectivity index (χ3v) is 5.12. The first-order chi connectivity index (χ1) is 11.3. The van der Waals surface area contributed by atoms with Gasteiger partial charge in [0.05, 0.1) is 17.1 Å². The lowest BCUT2D eigenvalue weighted by Gasteiger charge is -2.32. The first-order valence-corrected chi connectivity index (χ1v) is 8.45. The van der Waals surface area contributed by atoms with Crippen LogP contribution in [-0.4, -0.2) is 48.9 Å². The molecule has 1 amide bonds. The Balaban J connectivity index is 1.49. The molecule has 1 saturated heterocycles. The summed E-state index contributed by atoms with van der Waals surface area (Å²) in [4.78, 5) is 23.1. The summed E-state index contributed by atoms with van der Waals surface area (Å²) in [5.41, 5.74) is 0.789. The van der Waals surface area contributed by atoms with E-state index >= 15 is 0 Å². The maximum Gasteiger partial charge on any atom is 0.282 e. The maximum absolute atomic E-state index is 12.7. The minimum atomic E-state index is 0.0227. The van der Waals surface area contributed by atoms with Gasteiger partial charge in [-0.05, 0) is 24.8 Å². The van der Waals surface area contributed by atoms with E-state index in [9.17, 15) is 4.79 Å². The molecule has 1 aliphatic heterocycles. The van der Waals surface area contributed by atoms with E-state index in [0.717, 1.165) is 42.7 Å². The zero-order chi connectivity index (χ0) is 15.6. The number of pyridine rings is 1. The number of nitrogens with zero attached hydrogens (tertiary/aromatic N) is 6. The highest BCUT2D eigenvalue weighted by molar-refractivity contribution is 7.20. The lowest BCUT2D eigenvalue weighted by molar-refractivity contribution is 0.0659.